The normalized spacial score (nSPS) is 12.9. The fourth-order valence-corrected chi connectivity index (χ4v) is 2.29. The van der Waals surface area contributed by atoms with Crippen molar-refractivity contribution in [2.24, 2.45) is 0 Å². The van der Waals surface area contributed by atoms with E-state index in [-0.39, 0.29) is 5.91 Å². The van der Waals surface area contributed by atoms with E-state index in [2.05, 4.69) is 5.32 Å². The summed E-state index contributed by atoms with van der Waals surface area (Å²) in [6.45, 7) is 4.92. The van der Waals surface area contributed by atoms with Gasteiger partial charge in [0.15, 0.2) is 0 Å². The maximum absolute atomic E-state index is 12.8. The topological polar surface area (TPSA) is 38.3 Å². The van der Waals surface area contributed by atoms with Crippen molar-refractivity contribution in [2.75, 3.05) is 13.2 Å². The summed E-state index contributed by atoms with van der Waals surface area (Å²) in [6.07, 6.45) is -2.12. The SMILES string of the molecule is CCCC(NC(=O)CCCOCC)c1cccc(C(F)(F)F)c1. The Hall–Kier alpha value is -1.56. The summed E-state index contributed by atoms with van der Waals surface area (Å²) in [6, 6.07) is 4.75. The molecule has 6 heteroatoms. The average molecular weight is 331 g/mol. The predicted molar refractivity (Wildman–Crippen MR) is 83.0 cm³/mol. The highest BCUT2D eigenvalue weighted by molar-refractivity contribution is 5.76. The second-order valence-electron chi connectivity index (χ2n) is 5.33. The fraction of sp³-hybridized carbons (Fsp3) is 0.588. The third kappa shape index (κ3) is 7.03. The summed E-state index contributed by atoms with van der Waals surface area (Å²) in [5.74, 6) is -0.166. The van der Waals surface area contributed by atoms with Crippen LogP contribution in [-0.4, -0.2) is 19.1 Å². The molecule has 23 heavy (non-hydrogen) atoms. The van der Waals surface area contributed by atoms with Crippen molar-refractivity contribution in [1.82, 2.24) is 5.32 Å². The maximum Gasteiger partial charge on any atom is 0.416 e. The molecule has 1 aromatic rings. The van der Waals surface area contributed by atoms with Crippen LogP contribution in [0.5, 0.6) is 0 Å². The summed E-state index contributed by atoms with van der Waals surface area (Å²) >= 11 is 0. The minimum atomic E-state index is -4.38. The number of benzene rings is 1. The van der Waals surface area contributed by atoms with Gasteiger partial charge in [0.05, 0.1) is 11.6 Å². The van der Waals surface area contributed by atoms with Gasteiger partial charge in [-0.3, -0.25) is 4.79 Å². The van der Waals surface area contributed by atoms with Gasteiger partial charge in [0.1, 0.15) is 0 Å². The summed E-state index contributed by atoms with van der Waals surface area (Å²) < 4.78 is 43.6. The minimum Gasteiger partial charge on any atom is -0.382 e. The van der Waals surface area contributed by atoms with Crippen LogP contribution < -0.4 is 5.32 Å². The van der Waals surface area contributed by atoms with Crippen LogP contribution >= 0.6 is 0 Å². The van der Waals surface area contributed by atoms with Crippen molar-refractivity contribution >= 4 is 5.91 Å². The Bertz CT molecular complexity index is 489. The number of hydrogen-bond acceptors (Lipinski definition) is 2. The lowest BCUT2D eigenvalue weighted by atomic mass is 9.99. The van der Waals surface area contributed by atoms with E-state index in [1.807, 2.05) is 13.8 Å². The fourth-order valence-electron chi connectivity index (χ4n) is 2.29. The van der Waals surface area contributed by atoms with Crippen LogP contribution in [0, 0.1) is 0 Å². The number of nitrogens with one attached hydrogen (secondary N) is 1. The molecule has 0 fully saturated rings. The van der Waals surface area contributed by atoms with Gasteiger partial charge in [-0.2, -0.15) is 13.2 Å². The lowest BCUT2D eigenvalue weighted by Gasteiger charge is -2.20. The maximum atomic E-state index is 12.8. The van der Waals surface area contributed by atoms with Gasteiger partial charge in [0, 0.05) is 19.6 Å². The first-order chi connectivity index (χ1) is 10.9. The molecular formula is C17H24F3NO2. The molecule has 0 saturated carbocycles. The van der Waals surface area contributed by atoms with E-state index in [1.165, 1.54) is 6.07 Å². The monoisotopic (exact) mass is 331 g/mol. The Morgan fingerprint density at radius 2 is 2.04 bits per heavy atom. The van der Waals surface area contributed by atoms with Crippen molar-refractivity contribution in [3.63, 3.8) is 0 Å². The molecule has 1 N–H and O–H groups in total. The molecule has 1 aromatic carbocycles. The second-order valence-corrected chi connectivity index (χ2v) is 5.33. The molecule has 0 heterocycles. The molecule has 3 nitrogen and oxygen atoms in total. The third-order valence-electron chi connectivity index (χ3n) is 3.43. The van der Waals surface area contributed by atoms with Crippen molar-refractivity contribution < 1.29 is 22.7 Å². The van der Waals surface area contributed by atoms with Crippen LogP contribution in [0.1, 0.15) is 56.7 Å². The molecule has 0 radical (unpaired) electrons. The standard InChI is InChI=1S/C17H24F3NO2/c1-3-7-15(21-16(22)10-6-11-23-4-2)13-8-5-9-14(12-13)17(18,19)20/h5,8-9,12,15H,3-4,6-7,10-11H2,1-2H3,(H,21,22). The number of halogens is 3. The lowest BCUT2D eigenvalue weighted by Crippen LogP contribution is -2.28. The largest absolute Gasteiger partial charge is 0.416 e. The van der Waals surface area contributed by atoms with Gasteiger partial charge in [-0.1, -0.05) is 25.5 Å². The highest BCUT2D eigenvalue weighted by atomic mass is 19.4. The van der Waals surface area contributed by atoms with E-state index in [9.17, 15) is 18.0 Å². The Morgan fingerprint density at radius 3 is 2.65 bits per heavy atom. The van der Waals surface area contributed by atoms with Gasteiger partial charge < -0.3 is 10.1 Å². The van der Waals surface area contributed by atoms with Crippen LogP contribution in [0.2, 0.25) is 0 Å². The van der Waals surface area contributed by atoms with Crippen molar-refractivity contribution in [2.45, 2.75) is 51.7 Å². The van der Waals surface area contributed by atoms with Gasteiger partial charge in [-0.25, -0.2) is 0 Å². The molecule has 1 unspecified atom stereocenters. The van der Waals surface area contributed by atoms with Crippen LogP contribution in [0.4, 0.5) is 13.2 Å². The first-order valence-corrected chi connectivity index (χ1v) is 7.92. The number of hydrogen-bond donors (Lipinski definition) is 1. The molecule has 0 aliphatic carbocycles. The van der Waals surface area contributed by atoms with E-state index in [0.717, 1.165) is 18.6 Å². The van der Waals surface area contributed by atoms with Crippen molar-refractivity contribution in [3.05, 3.63) is 35.4 Å². The Labute approximate surface area is 135 Å². The molecule has 0 aromatic heterocycles. The number of carbonyl (C=O) groups excluding carboxylic acids is 1. The highest BCUT2D eigenvalue weighted by Gasteiger charge is 2.31. The second kappa shape index (κ2) is 9.55. The van der Waals surface area contributed by atoms with Gasteiger partial charge in [0.2, 0.25) is 5.91 Å². The molecule has 1 rings (SSSR count). The summed E-state index contributed by atoms with van der Waals surface area (Å²) in [5, 5.41) is 2.83. The zero-order valence-corrected chi connectivity index (χ0v) is 13.6. The molecule has 0 saturated heterocycles. The Morgan fingerprint density at radius 1 is 1.30 bits per heavy atom. The lowest BCUT2D eigenvalue weighted by molar-refractivity contribution is -0.137. The molecule has 0 aliphatic rings. The molecule has 0 spiro atoms. The van der Waals surface area contributed by atoms with Crippen molar-refractivity contribution in [1.29, 1.82) is 0 Å². The molecule has 0 aliphatic heterocycles. The zero-order chi connectivity index (χ0) is 17.3. The first kappa shape index (κ1) is 19.5. The molecule has 130 valence electrons. The van der Waals surface area contributed by atoms with Gasteiger partial charge in [-0.05, 0) is 37.5 Å². The highest BCUT2D eigenvalue weighted by Crippen LogP contribution is 2.31. The Kier molecular flexibility index (Phi) is 8.09. The smallest absolute Gasteiger partial charge is 0.382 e. The van der Waals surface area contributed by atoms with Crippen LogP contribution in [0.25, 0.3) is 0 Å². The molecular weight excluding hydrogens is 307 g/mol. The number of carbonyl (C=O) groups is 1. The van der Waals surface area contributed by atoms with E-state index in [1.54, 1.807) is 6.07 Å². The molecule has 1 atom stereocenters. The number of ether oxygens (including phenoxy) is 1. The number of amides is 1. The summed E-state index contributed by atoms with van der Waals surface area (Å²) in [4.78, 5) is 12.0. The summed E-state index contributed by atoms with van der Waals surface area (Å²) in [5.41, 5.74) is -0.207. The van der Waals surface area contributed by atoms with Crippen molar-refractivity contribution in [3.8, 4) is 0 Å². The molecule has 1 amide bonds. The quantitative estimate of drug-likeness (QED) is 0.678. The zero-order valence-electron chi connectivity index (χ0n) is 13.6. The van der Waals surface area contributed by atoms with E-state index in [0.29, 0.717) is 38.0 Å². The van der Waals surface area contributed by atoms with E-state index >= 15 is 0 Å². The van der Waals surface area contributed by atoms with Crippen LogP contribution in [-0.2, 0) is 15.7 Å². The van der Waals surface area contributed by atoms with E-state index < -0.39 is 17.8 Å². The average Bonchev–Trinajstić information content (AvgIpc) is 2.50. The first-order valence-electron chi connectivity index (χ1n) is 7.92. The summed E-state index contributed by atoms with van der Waals surface area (Å²) in [7, 11) is 0. The Balaban J connectivity index is 2.72. The van der Waals surface area contributed by atoms with Gasteiger partial charge in [0.25, 0.3) is 0 Å². The van der Waals surface area contributed by atoms with Gasteiger partial charge in [-0.15, -0.1) is 0 Å². The number of rotatable bonds is 9. The van der Waals surface area contributed by atoms with Crippen LogP contribution in [0.15, 0.2) is 24.3 Å². The number of alkyl halides is 3. The van der Waals surface area contributed by atoms with E-state index in [4.69, 9.17) is 4.74 Å². The van der Waals surface area contributed by atoms with Gasteiger partial charge >= 0.3 is 6.18 Å². The predicted octanol–water partition coefficient (Wildman–Crippen LogP) is 4.48. The molecule has 0 bridgehead atoms. The minimum absolute atomic E-state index is 0.166. The van der Waals surface area contributed by atoms with Crippen LogP contribution in [0.3, 0.4) is 0 Å². The third-order valence-corrected chi connectivity index (χ3v) is 3.43.